The molecule has 126 valence electrons. The largest absolute Gasteiger partial charge is 1.00 e. The Morgan fingerprint density at radius 3 is 1.73 bits per heavy atom. The number of amides is 1. The van der Waals surface area contributed by atoms with Crippen LogP contribution in [0.15, 0.2) is 0 Å². The number of aliphatic carboxylic acids is 1. The molecule has 0 saturated heterocycles. The van der Waals surface area contributed by atoms with E-state index in [2.05, 4.69) is 12.2 Å². The van der Waals surface area contributed by atoms with Crippen LogP contribution in [0, 0.1) is 0 Å². The van der Waals surface area contributed by atoms with Gasteiger partial charge in [0.25, 0.3) is 0 Å². The minimum absolute atomic E-state index is 0. The molecule has 4 nitrogen and oxygen atoms in total. The molecular weight excluding hydrogens is 289 g/mol. The Kier molecular flexibility index (Phi) is 19.0. The van der Waals surface area contributed by atoms with Crippen molar-refractivity contribution >= 4 is 11.9 Å². The smallest absolute Gasteiger partial charge is 1.00 e. The van der Waals surface area contributed by atoms with Crippen LogP contribution >= 0.6 is 0 Å². The van der Waals surface area contributed by atoms with Crippen LogP contribution in [-0.2, 0) is 9.59 Å². The van der Waals surface area contributed by atoms with Crippen LogP contribution < -0.4 is 34.9 Å². The van der Waals surface area contributed by atoms with Gasteiger partial charge in [-0.15, -0.1) is 0 Å². The first-order valence-electron chi connectivity index (χ1n) is 8.60. The van der Waals surface area contributed by atoms with Crippen molar-refractivity contribution in [3.05, 3.63) is 0 Å². The van der Waals surface area contributed by atoms with Crippen LogP contribution in [0.4, 0.5) is 0 Å². The first-order valence-corrected chi connectivity index (χ1v) is 8.60. The van der Waals surface area contributed by atoms with Crippen molar-refractivity contribution in [2.24, 2.45) is 0 Å². The molecule has 0 rings (SSSR count). The van der Waals surface area contributed by atoms with Gasteiger partial charge >= 0.3 is 35.5 Å². The maximum Gasteiger partial charge on any atom is 1.00 e. The first kappa shape index (κ1) is 24.2. The van der Waals surface area contributed by atoms with E-state index < -0.39 is 12.0 Å². The van der Waals surface area contributed by atoms with Crippen LogP contribution in [0.5, 0.6) is 0 Å². The molecule has 1 atom stereocenters. The summed E-state index contributed by atoms with van der Waals surface area (Å²) in [7, 11) is 0. The fraction of sp³-hybridized carbons (Fsp3) is 0.882. The van der Waals surface area contributed by atoms with Crippen molar-refractivity contribution < 1.29 is 45.7 Å². The van der Waals surface area contributed by atoms with Gasteiger partial charge in [0, 0.05) is 6.42 Å². The third kappa shape index (κ3) is 16.3. The molecule has 0 aliphatic rings. The number of carboxylic acids is 1. The Balaban J connectivity index is -0.00000200. The Hall–Kier alpha value is -0.0600. The van der Waals surface area contributed by atoms with Crippen molar-refractivity contribution in [1.82, 2.24) is 5.32 Å². The summed E-state index contributed by atoms with van der Waals surface area (Å²) in [6.07, 6.45) is 14.2. The molecule has 0 fully saturated rings. The van der Waals surface area contributed by atoms with Crippen molar-refractivity contribution in [3.63, 3.8) is 0 Å². The van der Waals surface area contributed by atoms with Crippen LogP contribution in [0.2, 0.25) is 0 Å². The number of carboxylic acid groups (broad SMARTS) is 1. The summed E-state index contributed by atoms with van der Waals surface area (Å²) in [5, 5.41) is 11.2. The van der Waals surface area contributed by atoms with Crippen LogP contribution in [-0.4, -0.2) is 23.0 Å². The third-order valence-electron chi connectivity index (χ3n) is 3.76. The van der Waals surface area contributed by atoms with Gasteiger partial charge in [0.1, 0.15) is 6.04 Å². The molecule has 0 aliphatic carbocycles. The van der Waals surface area contributed by atoms with Gasteiger partial charge in [0.15, 0.2) is 0 Å². The van der Waals surface area contributed by atoms with Gasteiger partial charge in [-0.3, -0.25) is 9.59 Å². The van der Waals surface area contributed by atoms with E-state index in [9.17, 15) is 9.59 Å². The molecule has 0 aromatic heterocycles. The monoisotopic (exact) mass is 323 g/mol. The Morgan fingerprint density at radius 2 is 1.32 bits per heavy atom. The van der Waals surface area contributed by atoms with E-state index in [1.807, 2.05) is 0 Å². The quantitative estimate of drug-likeness (QED) is 0.375. The SMILES string of the molecule is CCCCCCCCCCCCCC(=O)N[C@@H](C)C(=O)O.[H-].[Na+]. The van der Waals surface area contributed by atoms with Gasteiger partial charge in [-0.2, -0.15) is 0 Å². The van der Waals surface area contributed by atoms with Crippen molar-refractivity contribution in [2.45, 2.75) is 96.9 Å². The van der Waals surface area contributed by atoms with Crippen molar-refractivity contribution in [1.29, 1.82) is 0 Å². The number of carbonyl (C=O) groups excluding carboxylic acids is 1. The second kappa shape index (κ2) is 17.3. The Bertz CT molecular complexity index is 291. The summed E-state index contributed by atoms with van der Waals surface area (Å²) >= 11 is 0. The molecule has 0 aromatic rings. The molecule has 0 aliphatic heterocycles. The topological polar surface area (TPSA) is 66.4 Å². The fourth-order valence-electron chi connectivity index (χ4n) is 2.33. The zero-order valence-electron chi connectivity index (χ0n) is 15.8. The molecule has 0 spiro atoms. The standard InChI is InChI=1S/C17H33NO3.Na.H/c1-3-4-5-6-7-8-9-10-11-12-13-14-16(19)18-15(2)17(20)21;;/h15H,3-14H2,1-2H3,(H,18,19)(H,20,21);;/q;+1;-1/t15-;;/m0../s1. The van der Waals surface area contributed by atoms with E-state index in [4.69, 9.17) is 5.11 Å². The predicted octanol–water partition coefficient (Wildman–Crippen LogP) is 1.39. The van der Waals surface area contributed by atoms with E-state index in [0.717, 1.165) is 12.8 Å². The third-order valence-corrected chi connectivity index (χ3v) is 3.76. The average Bonchev–Trinajstić information content (AvgIpc) is 2.44. The molecule has 2 N–H and O–H groups in total. The van der Waals surface area contributed by atoms with Gasteiger partial charge in [-0.25, -0.2) is 0 Å². The van der Waals surface area contributed by atoms with E-state index in [0.29, 0.717) is 6.42 Å². The van der Waals surface area contributed by atoms with Gasteiger partial charge in [0.2, 0.25) is 5.91 Å². The minimum Gasteiger partial charge on any atom is -1.00 e. The normalized spacial score (nSPS) is 11.5. The van der Waals surface area contributed by atoms with Crippen LogP contribution in [0.1, 0.15) is 92.3 Å². The molecular formula is C17H34NNaO3. The van der Waals surface area contributed by atoms with E-state index in [-0.39, 0.29) is 36.9 Å². The molecule has 0 unspecified atom stereocenters. The molecule has 0 aromatic carbocycles. The number of unbranched alkanes of at least 4 members (excludes halogenated alkanes) is 10. The number of hydrogen-bond acceptors (Lipinski definition) is 2. The average molecular weight is 323 g/mol. The number of hydrogen-bond donors (Lipinski definition) is 2. The molecule has 0 bridgehead atoms. The molecule has 5 heteroatoms. The Morgan fingerprint density at radius 1 is 0.909 bits per heavy atom. The molecule has 22 heavy (non-hydrogen) atoms. The second-order valence-electron chi connectivity index (χ2n) is 5.91. The maximum atomic E-state index is 11.4. The van der Waals surface area contributed by atoms with E-state index in [1.54, 1.807) is 0 Å². The summed E-state index contributed by atoms with van der Waals surface area (Å²) in [6.45, 7) is 3.73. The maximum absolute atomic E-state index is 11.4. The summed E-state index contributed by atoms with van der Waals surface area (Å²) in [5.74, 6) is -1.14. The van der Waals surface area contributed by atoms with Gasteiger partial charge in [-0.05, 0) is 13.3 Å². The van der Waals surface area contributed by atoms with E-state index in [1.165, 1.54) is 64.7 Å². The summed E-state index contributed by atoms with van der Waals surface area (Å²) in [6, 6.07) is -0.787. The first-order chi connectivity index (χ1) is 10.1. The summed E-state index contributed by atoms with van der Waals surface area (Å²) < 4.78 is 0. The van der Waals surface area contributed by atoms with Crippen molar-refractivity contribution in [3.8, 4) is 0 Å². The van der Waals surface area contributed by atoms with E-state index >= 15 is 0 Å². The predicted molar refractivity (Wildman–Crippen MR) is 87.4 cm³/mol. The molecule has 0 heterocycles. The summed E-state index contributed by atoms with van der Waals surface area (Å²) in [5.41, 5.74) is 0. The molecule has 1 amide bonds. The van der Waals surface area contributed by atoms with Gasteiger partial charge < -0.3 is 11.8 Å². The molecule has 0 saturated carbocycles. The van der Waals surface area contributed by atoms with Gasteiger partial charge in [-0.1, -0.05) is 71.1 Å². The number of carbonyl (C=O) groups is 2. The zero-order chi connectivity index (χ0) is 15.9. The summed E-state index contributed by atoms with van der Waals surface area (Å²) in [4.78, 5) is 22.0. The van der Waals surface area contributed by atoms with Crippen LogP contribution in [0.25, 0.3) is 0 Å². The van der Waals surface area contributed by atoms with Crippen LogP contribution in [0.3, 0.4) is 0 Å². The fourth-order valence-corrected chi connectivity index (χ4v) is 2.33. The zero-order valence-corrected chi connectivity index (χ0v) is 16.8. The molecule has 0 radical (unpaired) electrons. The second-order valence-corrected chi connectivity index (χ2v) is 5.91. The number of rotatable bonds is 14. The van der Waals surface area contributed by atoms with Crippen molar-refractivity contribution in [2.75, 3.05) is 0 Å². The van der Waals surface area contributed by atoms with Gasteiger partial charge in [0.05, 0.1) is 0 Å². The minimum atomic E-state index is -0.984. The number of nitrogens with one attached hydrogen (secondary N) is 1. The Labute approximate surface area is 159 Å².